The molecule has 1 heterocycles. The Bertz CT molecular complexity index is 709. The van der Waals surface area contributed by atoms with Gasteiger partial charge >= 0.3 is 5.97 Å². The molecule has 1 aromatic carbocycles. The molecule has 28 heavy (non-hydrogen) atoms. The summed E-state index contributed by atoms with van der Waals surface area (Å²) < 4.78 is 4.84. The molecule has 1 aromatic rings. The lowest BCUT2D eigenvalue weighted by Crippen LogP contribution is -2.49. The van der Waals surface area contributed by atoms with E-state index in [1.54, 1.807) is 0 Å². The van der Waals surface area contributed by atoms with E-state index in [0.29, 0.717) is 25.9 Å². The summed E-state index contributed by atoms with van der Waals surface area (Å²) in [5.41, 5.74) is 0.861. The third-order valence-corrected chi connectivity index (χ3v) is 4.19. The lowest BCUT2D eigenvalue weighted by Gasteiger charge is -2.18. The summed E-state index contributed by atoms with van der Waals surface area (Å²) >= 11 is 0. The molecule has 0 spiro atoms. The zero-order valence-corrected chi connectivity index (χ0v) is 15.6. The number of epoxide rings is 1. The van der Waals surface area contributed by atoms with Crippen LogP contribution in [0.25, 0.3) is 0 Å². The summed E-state index contributed by atoms with van der Waals surface area (Å²) in [6.45, 7) is 2.37. The molecule has 1 aliphatic heterocycles. The molecule has 0 aliphatic carbocycles. The molecule has 0 radical (unpaired) electrons. The summed E-state index contributed by atoms with van der Waals surface area (Å²) in [6, 6.07) is 8.35. The number of aliphatic carboxylic acids is 1. The van der Waals surface area contributed by atoms with Crippen LogP contribution in [0.2, 0.25) is 0 Å². The van der Waals surface area contributed by atoms with E-state index >= 15 is 0 Å². The predicted molar refractivity (Wildman–Crippen MR) is 99.3 cm³/mol. The second-order valence-corrected chi connectivity index (χ2v) is 6.55. The molecular formula is C19H25N3O6. The van der Waals surface area contributed by atoms with Crippen LogP contribution in [0, 0.1) is 0 Å². The van der Waals surface area contributed by atoms with Crippen molar-refractivity contribution in [1.82, 2.24) is 16.0 Å². The van der Waals surface area contributed by atoms with Gasteiger partial charge in [0.05, 0.1) is 0 Å². The number of hydrogen-bond donors (Lipinski definition) is 4. The second-order valence-electron chi connectivity index (χ2n) is 6.55. The van der Waals surface area contributed by atoms with Gasteiger partial charge in [-0.3, -0.25) is 14.4 Å². The fourth-order valence-electron chi connectivity index (χ4n) is 2.66. The maximum absolute atomic E-state index is 12.5. The highest BCUT2D eigenvalue weighted by Crippen LogP contribution is 2.22. The zero-order chi connectivity index (χ0) is 20.5. The SMILES string of the molecule is CC(=O)NCCCCNC(=O)[C@H](Cc1ccccc1)NC(=O)[C@H]1O[C@@H]1C(=O)O. The molecule has 1 fully saturated rings. The summed E-state index contributed by atoms with van der Waals surface area (Å²) in [5, 5.41) is 16.9. The number of carboxylic acid groups (broad SMARTS) is 1. The van der Waals surface area contributed by atoms with Crippen molar-refractivity contribution in [3.8, 4) is 0 Å². The zero-order valence-electron chi connectivity index (χ0n) is 15.6. The van der Waals surface area contributed by atoms with Crippen molar-refractivity contribution in [2.45, 2.75) is 44.4 Å². The summed E-state index contributed by atoms with van der Waals surface area (Å²) in [6.07, 6.45) is -0.568. The Kier molecular flexibility index (Phi) is 7.94. The highest BCUT2D eigenvalue weighted by atomic mass is 16.6. The maximum atomic E-state index is 12.5. The van der Waals surface area contributed by atoms with Gasteiger partial charge in [-0.15, -0.1) is 0 Å². The topological polar surface area (TPSA) is 137 Å². The van der Waals surface area contributed by atoms with Crippen LogP contribution in [0.5, 0.6) is 0 Å². The van der Waals surface area contributed by atoms with Gasteiger partial charge in [0.25, 0.3) is 5.91 Å². The Balaban J connectivity index is 1.86. The van der Waals surface area contributed by atoms with Crippen LogP contribution >= 0.6 is 0 Å². The average molecular weight is 391 g/mol. The van der Waals surface area contributed by atoms with Crippen molar-refractivity contribution >= 4 is 23.7 Å². The number of amides is 3. The molecule has 152 valence electrons. The fraction of sp³-hybridized carbons (Fsp3) is 0.474. The first-order valence-corrected chi connectivity index (χ1v) is 9.13. The van der Waals surface area contributed by atoms with Gasteiger partial charge in [0, 0.05) is 26.4 Å². The number of ether oxygens (including phenoxy) is 1. The van der Waals surface area contributed by atoms with E-state index in [2.05, 4.69) is 16.0 Å². The predicted octanol–water partition coefficient (Wildman–Crippen LogP) is -0.402. The third-order valence-electron chi connectivity index (χ3n) is 4.19. The van der Waals surface area contributed by atoms with Gasteiger partial charge in [0.15, 0.2) is 12.2 Å². The Morgan fingerprint density at radius 2 is 1.68 bits per heavy atom. The Labute approximate surface area is 162 Å². The van der Waals surface area contributed by atoms with E-state index in [-0.39, 0.29) is 18.2 Å². The van der Waals surface area contributed by atoms with Crippen molar-refractivity contribution in [2.24, 2.45) is 0 Å². The number of hydrogen-bond acceptors (Lipinski definition) is 5. The summed E-state index contributed by atoms with van der Waals surface area (Å²) in [4.78, 5) is 46.4. The molecule has 0 saturated carbocycles. The minimum absolute atomic E-state index is 0.100. The number of unbranched alkanes of at least 4 members (excludes halogenated alkanes) is 1. The molecule has 1 aliphatic rings. The van der Waals surface area contributed by atoms with Crippen LogP contribution in [-0.2, 0) is 30.3 Å². The van der Waals surface area contributed by atoms with Gasteiger partial charge in [0.2, 0.25) is 11.8 Å². The van der Waals surface area contributed by atoms with Crippen molar-refractivity contribution in [2.75, 3.05) is 13.1 Å². The highest BCUT2D eigenvalue weighted by molar-refractivity contribution is 5.95. The average Bonchev–Trinajstić information content (AvgIpc) is 3.45. The lowest BCUT2D eigenvalue weighted by molar-refractivity contribution is -0.138. The second kappa shape index (κ2) is 10.4. The van der Waals surface area contributed by atoms with Crippen LogP contribution in [0.15, 0.2) is 30.3 Å². The van der Waals surface area contributed by atoms with Gasteiger partial charge in [-0.1, -0.05) is 30.3 Å². The Morgan fingerprint density at radius 1 is 1.04 bits per heavy atom. The highest BCUT2D eigenvalue weighted by Gasteiger charge is 2.51. The van der Waals surface area contributed by atoms with Crippen LogP contribution in [0.1, 0.15) is 25.3 Å². The van der Waals surface area contributed by atoms with Gasteiger partial charge in [-0.25, -0.2) is 4.79 Å². The molecule has 0 aromatic heterocycles. The van der Waals surface area contributed by atoms with Crippen molar-refractivity contribution in [3.05, 3.63) is 35.9 Å². The van der Waals surface area contributed by atoms with Gasteiger partial charge < -0.3 is 25.8 Å². The Morgan fingerprint density at radius 3 is 2.25 bits per heavy atom. The smallest absolute Gasteiger partial charge is 0.336 e. The van der Waals surface area contributed by atoms with Crippen molar-refractivity contribution < 1.29 is 29.0 Å². The van der Waals surface area contributed by atoms with Crippen molar-refractivity contribution in [1.29, 1.82) is 0 Å². The monoisotopic (exact) mass is 391 g/mol. The van der Waals surface area contributed by atoms with E-state index in [1.165, 1.54) is 6.92 Å². The largest absolute Gasteiger partial charge is 0.479 e. The standard InChI is InChI=1S/C19H25N3O6/c1-12(23)20-9-5-6-10-21-17(24)14(11-13-7-3-2-4-8-13)22-18(25)15-16(28-15)19(26)27/h2-4,7-8,14-16H,5-6,9-11H2,1H3,(H,20,23)(H,21,24)(H,22,25)(H,26,27)/t14-,15-,16-/m0/s1. The number of nitrogens with one attached hydrogen (secondary N) is 3. The first-order chi connectivity index (χ1) is 13.4. The molecule has 4 N–H and O–H groups in total. The van der Waals surface area contributed by atoms with Crippen LogP contribution in [-0.4, -0.2) is 60.1 Å². The van der Waals surface area contributed by atoms with Crippen LogP contribution < -0.4 is 16.0 Å². The molecule has 9 nitrogen and oxygen atoms in total. The molecule has 0 unspecified atom stereocenters. The molecule has 2 rings (SSSR count). The first-order valence-electron chi connectivity index (χ1n) is 9.13. The van der Waals surface area contributed by atoms with E-state index < -0.39 is 30.1 Å². The molecule has 9 heteroatoms. The van der Waals surface area contributed by atoms with E-state index in [9.17, 15) is 19.2 Å². The van der Waals surface area contributed by atoms with E-state index in [4.69, 9.17) is 9.84 Å². The number of carbonyl (C=O) groups is 4. The lowest BCUT2D eigenvalue weighted by atomic mass is 10.0. The first kappa shape index (κ1) is 21.4. The molecule has 0 bridgehead atoms. The fourth-order valence-corrected chi connectivity index (χ4v) is 2.66. The quantitative estimate of drug-likeness (QED) is 0.299. The number of carbonyl (C=O) groups excluding carboxylic acids is 3. The van der Waals surface area contributed by atoms with Crippen molar-refractivity contribution in [3.63, 3.8) is 0 Å². The maximum Gasteiger partial charge on any atom is 0.336 e. The summed E-state index contributed by atoms with van der Waals surface area (Å²) in [5.74, 6) is -2.28. The van der Waals surface area contributed by atoms with Crippen LogP contribution in [0.3, 0.4) is 0 Å². The Hall–Kier alpha value is -2.94. The minimum Gasteiger partial charge on any atom is -0.479 e. The molecule has 3 amide bonds. The van der Waals surface area contributed by atoms with E-state index in [0.717, 1.165) is 5.56 Å². The number of benzene rings is 1. The van der Waals surface area contributed by atoms with Gasteiger partial charge in [-0.2, -0.15) is 0 Å². The van der Waals surface area contributed by atoms with Gasteiger partial charge in [-0.05, 0) is 18.4 Å². The molecule has 3 atom stereocenters. The molecular weight excluding hydrogens is 366 g/mol. The normalized spacial score (nSPS) is 18.6. The molecule has 1 saturated heterocycles. The van der Waals surface area contributed by atoms with Crippen LogP contribution in [0.4, 0.5) is 0 Å². The third kappa shape index (κ3) is 6.99. The van der Waals surface area contributed by atoms with Gasteiger partial charge in [0.1, 0.15) is 6.04 Å². The number of carboxylic acids is 1. The summed E-state index contributed by atoms with van der Waals surface area (Å²) in [7, 11) is 0. The minimum atomic E-state index is -1.21. The number of rotatable bonds is 11. The van der Waals surface area contributed by atoms with E-state index in [1.807, 2.05) is 30.3 Å².